The van der Waals surface area contributed by atoms with Gasteiger partial charge in [-0.15, -0.1) is 0 Å². The van der Waals surface area contributed by atoms with Gasteiger partial charge in [-0.25, -0.2) is 4.57 Å². The molecule has 3 atom stereocenters. The molecule has 0 aromatic heterocycles. The minimum absolute atomic E-state index is 0.0702. The maximum absolute atomic E-state index is 12.8. The highest BCUT2D eigenvalue weighted by atomic mass is 31.2. The number of amides is 1. The summed E-state index contributed by atoms with van der Waals surface area (Å²) in [5.41, 5.74) is 5.38. The molecule has 0 aliphatic carbocycles. The van der Waals surface area contributed by atoms with Gasteiger partial charge in [-0.2, -0.15) is 0 Å². The zero-order chi connectivity index (χ0) is 41.1. The molecule has 0 aliphatic heterocycles. The summed E-state index contributed by atoms with van der Waals surface area (Å²) in [5.74, 6) is -0.213. The van der Waals surface area contributed by atoms with Gasteiger partial charge >= 0.3 is 7.82 Å². The van der Waals surface area contributed by atoms with Crippen LogP contribution in [0, 0.1) is 0 Å². The second kappa shape index (κ2) is 43.0. The Morgan fingerprint density at radius 1 is 0.571 bits per heavy atom. The van der Waals surface area contributed by atoms with Gasteiger partial charge in [-0.1, -0.05) is 184 Å². The monoisotopic (exact) mass is 809 g/mol. The topological polar surface area (TPSA) is 131 Å². The van der Waals surface area contributed by atoms with Crippen molar-refractivity contribution < 1.29 is 28.4 Å². The molecule has 5 N–H and O–H groups in total. The van der Waals surface area contributed by atoms with Crippen molar-refractivity contribution in [2.24, 2.45) is 5.73 Å². The number of hydrogen-bond donors (Lipinski definition) is 4. The number of carbonyl (C=O) groups excluding carboxylic acids is 1. The lowest BCUT2D eigenvalue weighted by molar-refractivity contribution is -0.123. The van der Waals surface area contributed by atoms with Crippen LogP contribution in [-0.4, -0.2) is 47.8 Å². The molecule has 0 saturated carbocycles. The van der Waals surface area contributed by atoms with Crippen LogP contribution in [0.25, 0.3) is 0 Å². The van der Waals surface area contributed by atoms with Crippen molar-refractivity contribution in [2.75, 3.05) is 19.8 Å². The van der Waals surface area contributed by atoms with Crippen LogP contribution in [0.1, 0.15) is 213 Å². The smallest absolute Gasteiger partial charge is 0.387 e. The summed E-state index contributed by atoms with van der Waals surface area (Å²) in [4.78, 5) is 22.7. The van der Waals surface area contributed by atoms with Crippen LogP contribution < -0.4 is 11.1 Å². The van der Waals surface area contributed by atoms with Gasteiger partial charge in [-0.05, 0) is 70.6 Å². The third-order valence-corrected chi connectivity index (χ3v) is 11.1. The van der Waals surface area contributed by atoms with Crippen LogP contribution in [0.15, 0.2) is 48.6 Å². The molecular weight excluding hydrogens is 719 g/mol. The molecule has 56 heavy (non-hydrogen) atoms. The normalized spacial score (nSPS) is 14.4. The molecule has 1 amide bonds. The molecule has 0 rings (SSSR count). The Bertz CT molecular complexity index is 1020. The zero-order valence-electron chi connectivity index (χ0n) is 36.4. The first-order valence-corrected chi connectivity index (χ1v) is 24.8. The van der Waals surface area contributed by atoms with Gasteiger partial charge in [0.1, 0.15) is 0 Å². The summed E-state index contributed by atoms with van der Waals surface area (Å²) in [5, 5.41) is 13.7. The van der Waals surface area contributed by atoms with Crippen molar-refractivity contribution in [3.63, 3.8) is 0 Å². The summed E-state index contributed by atoms with van der Waals surface area (Å²) in [6.07, 6.45) is 53.1. The Morgan fingerprint density at radius 3 is 1.38 bits per heavy atom. The SMILES string of the molecule is CCCCCCCC/C=C\CCCCCCCCCC(=O)NC(COP(=O)(O)OCCN)C(O)/C=C/CC/C=C/CC/C=C/CCCCCCCCCCCC. The predicted octanol–water partition coefficient (Wildman–Crippen LogP) is 13.3. The molecule has 8 nitrogen and oxygen atoms in total. The highest BCUT2D eigenvalue weighted by Gasteiger charge is 2.26. The third kappa shape index (κ3) is 40.6. The third-order valence-electron chi connectivity index (χ3n) is 10.1. The average molecular weight is 809 g/mol. The molecule has 328 valence electrons. The van der Waals surface area contributed by atoms with E-state index in [0.29, 0.717) is 6.42 Å². The first-order chi connectivity index (χ1) is 27.4. The number of hydrogen-bond acceptors (Lipinski definition) is 6. The summed E-state index contributed by atoms with van der Waals surface area (Å²) in [6, 6.07) is -0.886. The van der Waals surface area contributed by atoms with Crippen LogP contribution in [0.2, 0.25) is 0 Å². The molecule has 0 radical (unpaired) electrons. The highest BCUT2D eigenvalue weighted by Crippen LogP contribution is 2.43. The van der Waals surface area contributed by atoms with E-state index in [2.05, 4.69) is 55.6 Å². The summed E-state index contributed by atoms with van der Waals surface area (Å²) in [7, 11) is -4.35. The molecule has 0 fully saturated rings. The lowest BCUT2D eigenvalue weighted by Gasteiger charge is -2.23. The van der Waals surface area contributed by atoms with Crippen LogP contribution >= 0.6 is 7.82 Å². The molecule has 3 unspecified atom stereocenters. The Hall–Kier alpha value is -1.54. The number of nitrogens with one attached hydrogen (secondary N) is 1. The van der Waals surface area contributed by atoms with Gasteiger partial charge in [0.15, 0.2) is 0 Å². The number of phosphoric ester groups is 1. The van der Waals surface area contributed by atoms with Crippen molar-refractivity contribution in [1.29, 1.82) is 0 Å². The minimum Gasteiger partial charge on any atom is -0.387 e. The van der Waals surface area contributed by atoms with Gasteiger partial charge in [0, 0.05) is 13.0 Å². The lowest BCUT2D eigenvalue weighted by Crippen LogP contribution is -2.45. The van der Waals surface area contributed by atoms with E-state index in [1.54, 1.807) is 6.08 Å². The molecule has 0 aliphatic rings. The average Bonchev–Trinajstić information content (AvgIpc) is 3.19. The number of unbranched alkanes of at least 4 members (excludes halogenated alkanes) is 25. The van der Waals surface area contributed by atoms with Gasteiger partial charge in [-0.3, -0.25) is 13.8 Å². The molecule has 0 saturated heterocycles. The van der Waals surface area contributed by atoms with E-state index in [9.17, 15) is 19.4 Å². The molecule has 9 heteroatoms. The van der Waals surface area contributed by atoms with Crippen molar-refractivity contribution in [3.05, 3.63) is 48.6 Å². The fourth-order valence-electron chi connectivity index (χ4n) is 6.57. The molecule has 0 aromatic rings. The van der Waals surface area contributed by atoms with E-state index in [-0.39, 0.29) is 25.7 Å². The second-order valence-corrected chi connectivity index (χ2v) is 17.0. The van der Waals surface area contributed by atoms with E-state index in [0.717, 1.165) is 44.9 Å². The van der Waals surface area contributed by atoms with Gasteiger partial charge < -0.3 is 21.1 Å². The Balaban J connectivity index is 4.26. The number of aliphatic hydroxyl groups excluding tert-OH is 1. The number of carbonyl (C=O) groups is 1. The first kappa shape index (κ1) is 54.5. The van der Waals surface area contributed by atoms with E-state index >= 15 is 0 Å². The molecule has 0 spiro atoms. The first-order valence-electron chi connectivity index (χ1n) is 23.3. The maximum atomic E-state index is 12.8. The van der Waals surface area contributed by atoms with Crippen LogP contribution in [-0.2, 0) is 18.4 Å². The summed E-state index contributed by atoms with van der Waals surface area (Å²) in [6.45, 7) is 4.10. The minimum atomic E-state index is -4.35. The van der Waals surface area contributed by atoms with E-state index in [1.807, 2.05) is 6.08 Å². The van der Waals surface area contributed by atoms with Crippen LogP contribution in [0.5, 0.6) is 0 Å². The highest BCUT2D eigenvalue weighted by molar-refractivity contribution is 7.47. The van der Waals surface area contributed by atoms with Crippen molar-refractivity contribution in [1.82, 2.24) is 5.32 Å². The fraction of sp³-hybridized carbons (Fsp3) is 0.809. The molecular formula is C47H89N2O6P. The molecule has 0 heterocycles. The quantitative estimate of drug-likeness (QED) is 0.0274. The van der Waals surface area contributed by atoms with Crippen molar-refractivity contribution in [3.8, 4) is 0 Å². The Morgan fingerprint density at radius 2 is 0.946 bits per heavy atom. The largest absolute Gasteiger partial charge is 0.472 e. The summed E-state index contributed by atoms with van der Waals surface area (Å²) < 4.78 is 22.1. The Kier molecular flexibility index (Phi) is 41.9. The van der Waals surface area contributed by atoms with Crippen molar-refractivity contribution >= 4 is 13.7 Å². The molecule has 0 aromatic carbocycles. The van der Waals surface area contributed by atoms with Gasteiger partial charge in [0.25, 0.3) is 0 Å². The van der Waals surface area contributed by atoms with Crippen LogP contribution in [0.3, 0.4) is 0 Å². The van der Waals surface area contributed by atoms with Crippen molar-refractivity contribution in [2.45, 2.75) is 225 Å². The second-order valence-electron chi connectivity index (χ2n) is 15.6. The van der Waals surface area contributed by atoms with Gasteiger partial charge in [0.2, 0.25) is 5.91 Å². The zero-order valence-corrected chi connectivity index (χ0v) is 37.3. The number of rotatable bonds is 43. The van der Waals surface area contributed by atoms with E-state index in [1.165, 1.54) is 148 Å². The summed E-state index contributed by atoms with van der Waals surface area (Å²) >= 11 is 0. The number of phosphoric acid groups is 1. The fourth-order valence-corrected chi connectivity index (χ4v) is 7.33. The molecule has 0 bridgehead atoms. The number of aliphatic hydroxyl groups is 1. The van der Waals surface area contributed by atoms with E-state index < -0.39 is 20.0 Å². The lowest BCUT2D eigenvalue weighted by atomic mass is 10.1. The number of allylic oxidation sites excluding steroid dienone is 7. The maximum Gasteiger partial charge on any atom is 0.472 e. The standard InChI is InChI=1S/C47H89N2O6P/c1-3-5-7-9-11-13-15-17-19-21-22-23-25-26-28-30-32-34-36-38-40-46(50)45(44-55-56(52,53)54-43-42-48)49-47(51)41-39-37-35-33-31-29-27-24-20-18-16-14-12-10-8-6-4-2/h18,20,23,25,30,32,38,40,45-46,50H,3-17,19,21-22,24,26-29,31,33-37,39,41-44,48H2,1-2H3,(H,49,51)(H,52,53)/b20-18-,25-23+,32-30+,40-38+. The Labute approximate surface area is 345 Å². The predicted molar refractivity (Wildman–Crippen MR) is 240 cm³/mol. The number of nitrogens with two attached hydrogens (primary N) is 1. The van der Waals surface area contributed by atoms with Crippen LogP contribution in [0.4, 0.5) is 0 Å². The van der Waals surface area contributed by atoms with E-state index in [4.69, 9.17) is 14.8 Å². The van der Waals surface area contributed by atoms with Gasteiger partial charge in [0.05, 0.1) is 25.4 Å².